The van der Waals surface area contributed by atoms with Crippen LogP contribution >= 0.6 is 0 Å². The first-order chi connectivity index (χ1) is 3.80. The van der Waals surface area contributed by atoms with Gasteiger partial charge in [-0.15, -0.1) is 0 Å². The van der Waals surface area contributed by atoms with Crippen LogP contribution in [0.2, 0.25) is 0 Å². The summed E-state index contributed by atoms with van der Waals surface area (Å²) >= 11 is 0. The van der Waals surface area contributed by atoms with E-state index < -0.39 is 0 Å². The lowest BCUT2D eigenvalue weighted by Gasteiger charge is -1.83. The molecule has 1 aromatic heterocycles. The van der Waals surface area contributed by atoms with Crippen LogP contribution in [0.15, 0.2) is 23.1 Å². The smallest absolute Gasteiger partial charge is 0.250 e. The van der Waals surface area contributed by atoms with Crippen LogP contribution in [0.4, 0.5) is 0 Å². The van der Waals surface area contributed by atoms with Gasteiger partial charge in [-0.25, -0.2) is 0 Å². The Morgan fingerprint density at radius 1 is 1.40 bits per heavy atom. The zero-order valence-electron chi connectivity index (χ0n) is 4.64. The van der Waals surface area contributed by atoms with Crippen molar-refractivity contribution in [3.63, 3.8) is 0 Å². The second kappa shape index (κ2) is 4.79. The lowest BCUT2D eigenvalue weighted by atomic mass is 10.3. The van der Waals surface area contributed by atoms with Crippen molar-refractivity contribution in [2.75, 3.05) is 0 Å². The topological polar surface area (TPSA) is 32.9 Å². The van der Waals surface area contributed by atoms with E-state index in [0.717, 1.165) is 5.56 Å². The monoisotopic (exact) mass is 141 g/mol. The fourth-order valence-electron chi connectivity index (χ4n) is 0.506. The molecular formula is C8H15NO. The quantitative estimate of drug-likeness (QED) is 0.588. The third-order valence-electron chi connectivity index (χ3n) is 1.02. The highest BCUT2D eigenvalue weighted by Crippen LogP contribution is 1.81. The molecule has 10 heavy (non-hydrogen) atoms. The van der Waals surface area contributed by atoms with Crippen molar-refractivity contribution in [1.29, 1.82) is 0 Å². The molecular weight excluding hydrogens is 126 g/mol. The molecule has 0 fully saturated rings. The Morgan fingerprint density at radius 2 is 2.00 bits per heavy atom. The Bertz CT molecular complexity index is 227. The second-order valence-electron chi connectivity index (χ2n) is 1.68. The molecule has 1 aromatic rings. The van der Waals surface area contributed by atoms with Gasteiger partial charge in [-0.1, -0.05) is 20.9 Å². The Balaban J connectivity index is 0. The van der Waals surface area contributed by atoms with Gasteiger partial charge in [-0.05, 0) is 13.0 Å². The molecule has 2 heteroatoms. The second-order valence-corrected chi connectivity index (χ2v) is 1.68. The molecule has 1 rings (SSSR count). The van der Waals surface area contributed by atoms with E-state index in [-0.39, 0.29) is 20.4 Å². The first-order valence-electron chi connectivity index (χ1n) is 2.45. The minimum atomic E-state index is -0.00694. The van der Waals surface area contributed by atoms with E-state index in [1.807, 2.05) is 0 Å². The number of aryl methyl sites for hydroxylation is 1. The lowest BCUT2D eigenvalue weighted by Crippen LogP contribution is -2.06. The zero-order chi connectivity index (χ0) is 5.98. The van der Waals surface area contributed by atoms with Crippen molar-refractivity contribution in [3.8, 4) is 0 Å². The van der Waals surface area contributed by atoms with E-state index in [4.69, 9.17) is 0 Å². The first-order valence-corrected chi connectivity index (χ1v) is 2.45. The van der Waals surface area contributed by atoms with E-state index >= 15 is 0 Å². The number of aromatic amines is 1. The van der Waals surface area contributed by atoms with Crippen LogP contribution in [0.3, 0.4) is 0 Å². The SMILES string of the molecule is C.C.Cc1ccc[nH]c1=O. The summed E-state index contributed by atoms with van der Waals surface area (Å²) < 4.78 is 0. The highest BCUT2D eigenvalue weighted by Gasteiger charge is 1.83. The summed E-state index contributed by atoms with van der Waals surface area (Å²) in [5.74, 6) is 0. The lowest BCUT2D eigenvalue weighted by molar-refractivity contribution is 1.18. The molecule has 0 spiro atoms. The average Bonchev–Trinajstić information content (AvgIpc) is 1.77. The van der Waals surface area contributed by atoms with Crippen molar-refractivity contribution in [2.45, 2.75) is 21.8 Å². The maximum Gasteiger partial charge on any atom is 0.250 e. The van der Waals surface area contributed by atoms with Crippen LogP contribution < -0.4 is 5.56 Å². The maximum absolute atomic E-state index is 10.6. The van der Waals surface area contributed by atoms with Gasteiger partial charge < -0.3 is 4.98 Å². The van der Waals surface area contributed by atoms with Crippen LogP contribution in [-0.2, 0) is 0 Å². The maximum atomic E-state index is 10.6. The minimum absolute atomic E-state index is 0. The van der Waals surface area contributed by atoms with Gasteiger partial charge in [-0.3, -0.25) is 4.79 Å². The molecule has 0 amide bonds. The average molecular weight is 141 g/mol. The van der Waals surface area contributed by atoms with Crippen molar-refractivity contribution < 1.29 is 0 Å². The van der Waals surface area contributed by atoms with Crippen molar-refractivity contribution in [3.05, 3.63) is 34.2 Å². The zero-order valence-corrected chi connectivity index (χ0v) is 4.64. The molecule has 1 N–H and O–H groups in total. The molecule has 0 aliphatic carbocycles. The summed E-state index contributed by atoms with van der Waals surface area (Å²) in [6.45, 7) is 1.78. The molecule has 0 unspecified atom stereocenters. The molecule has 0 saturated heterocycles. The number of rotatable bonds is 0. The number of hydrogen-bond acceptors (Lipinski definition) is 1. The van der Waals surface area contributed by atoms with E-state index in [1.54, 1.807) is 25.3 Å². The van der Waals surface area contributed by atoms with Crippen LogP contribution in [-0.4, -0.2) is 4.98 Å². The fourth-order valence-corrected chi connectivity index (χ4v) is 0.506. The summed E-state index contributed by atoms with van der Waals surface area (Å²) in [4.78, 5) is 13.1. The Labute approximate surface area is 61.9 Å². The summed E-state index contributed by atoms with van der Waals surface area (Å²) in [6.07, 6.45) is 1.62. The van der Waals surface area contributed by atoms with Crippen LogP contribution in [0.5, 0.6) is 0 Å². The molecule has 0 atom stereocenters. The highest BCUT2D eigenvalue weighted by atomic mass is 16.1. The Hall–Kier alpha value is -1.05. The van der Waals surface area contributed by atoms with E-state index in [1.165, 1.54) is 0 Å². The van der Waals surface area contributed by atoms with Crippen LogP contribution in [0, 0.1) is 6.92 Å². The number of H-pyrrole nitrogens is 1. The van der Waals surface area contributed by atoms with Gasteiger partial charge in [0.1, 0.15) is 0 Å². The molecule has 0 aromatic carbocycles. The molecule has 2 nitrogen and oxygen atoms in total. The first kappa shape index (κ1) is 11.7. The predicted molar refractivity (Wildman–Crippen MR) is 45.3 cm³/mol. The third kappa shape index (κ3) is 2.49. The number of pyridine rings is 1. The molecule has 0 saturated carbocycles. The number of hydrogen-bond donors (Lipinski definition) is 1. The predicted octanol–water partition coefficient (Wildman–Crippen LogP) is 1.96. The molecule has 0 bridgehead atoms. The van der Waals surface area contributed by atoms with Crippen LogP contribution in [0.1, 0.15) is 20.4 Å². The van der Waals surface area contributed by atoms with Gasteiger partial charge in [0.15, 0.2) is 0 Å². The molecule has 58 valence electrons. The van der Waals surface area contributed by atoms with Crippen molar-refractivity contribution in [2.24, 2.45) is 0 Å². The number of nitrogens with one attached hydrogen (secondary N) is 1. The third-order valence-corrected chi connectivity index (χ3v) is 1.02. The van der Waals surface area contributed by atoms with Gasteiger partial charge in [0, 0.05) is 11.8 Å². The summed E-state index contributed by atoms with van der Waals surface area (Å²) in [6, 6.07) is 3.58. The van der Waals surface area contributed by atoms with E-state index in [0.29, 0.717) is 0 Å². The Morgan fingerprint density at radius 3 is 2.30 bits per heavy atom. The summed E-state index contributed by atoms with van der Waals surface area (Å²) in [5.41, 5.74) is 0.750. The normalized spacial score (nSPS) is 7.30. The Kier molecular flexibility index (Phi) is 5.61. The number of aromatic nitrogens is 1. The van der Waals surface area contributed by atoms with Gasteiger partial charge in [-0.2, -0.15) is 0 Å². The molecule has 0 aliphatic heterocycles. The standard InChI is InChI=1S/C6H7NO.2CH4/c1-5-3-2-4-7-6(5)8;;/h2-4H,1H3,(H,7,8);2*1H4. The van der Waals surface area contributed by atoms with E-state index in [9.17, 15) is 4.79 Å². The molecule has 1 heterocycles. The van der Waals surface area contributed by atoms with Gasteiger partial charge in [0.2, 0.25) is 0 Å². The van der Waals surface area contributed by atoms with Crippen molar-refractivity contribution >= 4 is 0 Å². The van der Waals surface area contributed by atoms with Gasteiger partial charge in [0.05, 0.1) is 0 Å². The van der Waals surface area contributed by atoms with Gasteiger partial charge in [0.25, 0.3) is 5.56 Å². The summed E-state index contributed by atoms with van der Waals surface area (Å²) in [5, 5.41) is 0. The van der Waals surface area contributed by atoms with Crippen LogP contribution in [0.25, 0.3) is 0 Å². The fraction of sp³-hybridized carbons (Fsp3) is 0.375. The largest absolute Gasteiger partial charge is 0.329 e. The summed E-state index contributed by atoms with van der Waals surface area (Å²) in [7, 11) is 0. The van der Waals surface area contributed by atoms with E-state index in [2.05, 4.69) is 4.98 Å². The highest BCUT2D eigenvalue weighted by molar-refractivity contribution is 5.05. The minimum Gasteiger partial charge on any atom is -0.329 e. The molecule has 0 radical (unpaired) electrons. The van der Waals surface area contributed by atoms with Gasteiger partial charge >= 0.3 is 0 Å². The van der Waals surface area contributed by atoms with Crippen molar-refractivity contribution in [1.82, 2.24) is 4.98 Å². The molecule has 0 aliphatic rings.